The van der Waals surface area contributed by atoms with Crippen LogP contribution in [-0.4, -0.2) is 35.5 Å². The fourth-order valence-corrected chi connectivity index (χ4v) is 8.95. The maximum atomic E-state index is 11.1. The molecule has 4 saturated carbocycles. The lowest BCUT2D eigenvalue weighted by Crippen LogP contribution is -2.59. The summed E-state index contributed by atoms with van der Waals surface area (Å²) in [5, 5.41) is 19.5. The number of aliphatic carboxylic acids is 1. The second-order valence-corrected chi connectivity index (χ2v) is 11.6. The van der Waals surface area contributed by atoms with Gasteiger partial charge in [-0.2, -0.15) is 0 Å². The van der Waals surface area contributed by atoms with Crippen LogP contribution in [0.5, 0.6) is 0 Å². The van der Waals surface area contributed by atoms with Crippen LogP contribution in [-0.2, 0) is 9.53 Å². The highest BCUT2D eigenvalue weighted by molar-refractivity contribution is 5.66. The van der Waals surface area contributed by atoms with E-state index < -0.39 is 5.97 Å². The van der Waals surface area contributed by atoms with Gasteiger partial charge in [0, 0.05) is 13.5 Å². The number of ether oxygens (including phenoxy) is 1. The molecule has 4 aliphatic rings. The minimum Gasteiger partial charge on any atom is -0.481 e. The maximum Gasteiger partial charge on any atom is 0.303 e. The minimum absolute atomic E-state index is 0.123. The number of fused-ring (bicyclic) bond motifs is 5. The first kappa shape index (κ1) is 21.6. The summed E-state index contributed by atoms with van der Waals surface area (Å²) in [6, 6.07) is 0. The van der Waals surface area contributed by atoms with Crippen LogP contribution >= 0.6 is 0 Å². The molecule has 0 amide bonds. The van der Waals surface area contributed by atoms with E-state index in [0.717, 1.165) is 32.1 Å². The van der Waals surface area contributed by atoms with Crippen molar-refractivity contribution < 1.29 is 19.7 Å². The van der Waals surface area contributed by atoms with E-state index in [4.69, 9.17) is 9.84 Å². The largest absolute Gasteiger partial charge is 0.481 e. The molecule has 0 saturated heterocycles. The lowest BCUT2D eigenvalue weighted by atomic mass is 9.43. The number of hydrogen-bond acceptors (Lipinski definition) is 3. The van der Waals surface area contributed by atoms with E-state index in [9.17, 15) is 9.90 Å². The zero-order chi connectivity index (χ0) is 21.0. The minimum atomic E-state index is -0.662. The molecule has 10 atom stereocenters. The van der Waals surface area contributed by atoms with Gasteiger partial charge in [-0.05, 0) is 104 Å². The van der Waals surface area contributed by atoms with Gasteiger partial charge in [0.05, 0.1) is 12.2 Å². The Morgan fingerprint density at radius 2 is 1.76 bits per heavy atom. The van der Waals surface area contributed by atoms with E-state index >= 15 is 0 Å². The number of aliphatic hydroxyl groups is 1. The quantitative estimate of drug-likeness (QED) is 0.664. The predicted octanol–water partition coefficient (Wildman–Crippen LogP) is 5.13. The fourth-order valence-electron chi connectivity index (χ4n) is 8.95. The van der Waals surface area contributed by atoms with Gasteiger partial charge in [0.15, 0.2) is 0 Å². The molecule has 2 N–H and O–H groups in total. The standard InChI is InChI=1S/C25H42O4/c1-15(5-8-22(27)28)18-6-7-19-23-20(10-12-25(18,19)3)24(2)11-9-17(26)13-16(24)14-21(23)29-4/h15-21,23,26H,5-14H2,1-4H3,(H,27,28)/t15?,16-,17+,18+,19-,20-,21+,23-,24-,25+/m0/s1. The molecular weight excluding hydrogens is 364 g/mol. The first-order valence-corrected chi connectivity index (χ1v) is 12.1. The molecule has 0 heterocycles. The molecule has 0 aromatic rings. The van der Waals surface area contributed by atoms with Gasteiger partial charge >= 0.3 is 5.97 Å². The van der Waals surface area contributed by atoms with E-state index in [2.05, 4.69) is 20.8 Å². The van der Waals surface area contributed by atoms with E-state index in [-0.39, 0.29) is 6.10 Å². The van der Waals surface area contributed by atoms with Gasteiger partial charge in [-0.25, -0.2) is 0 Å². The number of aliphatic hydroxyl groups excluding tert-OH is 1. The van der Waals surface area contributed by atoms with Crippen molar-refractivity contribution in [3.05, 3.63) is 0 Å². The van der Waals surface area contributed by atoms with E-state index in [0.29, 0.717) is 58.9 Å². The lowest BCUT2D eigenvalue weighted by Gasteiger charge is -2.63. The van der Waals surface area contributed by atoms with Crippen molar-refractivity contribution in [2.45, 2.75) is 97.2 Å². The van der Waals surface area contributed by atoms with Crippen molar-refractivity contribution in [3.63, 3.8) is 0 Å². The van der Waals surface area contributed by atoms with Crippen molar-refractivity contribution in [2.24, 2.45) is 46.3 Å². The predicted molar refractivity (Wildman–Crippen MR) is 113 cm³/mol. The molecule has 1 unspecified atom stereocenters. The number of carboxylic acids is 1. The van der Waals surface area contributed by atoms with Crippen LogP contribution < -0.4 is 0 Å². The number of methoxy groups -OCH3 is 1. The van der Waals surface area contributed by atoms with Gasteiger partial charge in [-0.3, -0.25) is 4.79 Å². The van der Waals surface area contributed by atoms with Gasteiger partial charge in [0.2, 0.25) is 0 Å². The van der Waals surface area contributed by atoms with Crippen LogP contribution in [0.4, 0.5) is 0 Å². The summed E-state index contributed by atoms with van der Waals surface area (Å²) in [6.07, 6.45) is 10.6. The lowest BCUT2D eigenvalue weighted by molar-refractivity contribution is -0.181. The van der Waals surface area contributed by atoms with Crippen molar-refractivity contribution in [3.8, 4) is 0 Å². The number of carbonyl (C=O) groups is 1. The zero-order valence-corrected chi connectivity index (χ0v) is 18.9. The average Bonchev–Trinajstić information content (AvgIpc) is 3.03. The highest BCUT2D eigenvalue weighted by Gasteiger charge is 2.63. The maximum absolute atomic E-state index is 11.1. The summed E-state index contributed by atoms with van der Waals surface area (Å²) in [4.78, 5) is 11.1. The van der Waals surface area contributed by atoms with E-state index in [1.165, 1.54) is 25.7 Å². The van der Waals surface area contributed by atoms with Crippen LogP contribution in [0.25, 0.3) is 0 Å². The Kier molecular flexibility index (Phi) is 5.83. The van der Waals surface area contributed by atoms with Crippen molar-refractivity contribution >= 4 is 5.97 Å². The van der Waals surface area contributed by atoms with Crippen molar-refractivity contribution in [1.82, 2.24) is 0 Å². The number of hydrogen-bond donors (Lipinski definition) is 2. The van der Waals surface area contributed by atoms with E-state index in [1.807, 2.05) is 7.11 Å². The van der Waals surface area contributed by atoms with Crippen molar-refractivity contribution in [2.75, 3.05) is 7.11 Å². The molecule has 4 heteroatoms. The molecule has 0 aromatic carbocycles. The monoisotopic (exact) mass is 406 g/mol. The molecular formula is C25H42O4. The molecule has 4 aliphatic carbocycles. The second-order valence-electron chi connectivity index (χ2n) is 11.6. The third-order valence-electron chi connectivity index (χ3n) is 10.5. The zero-order valence-electron chi connectivity index (χ0n) is 18.9. The topological polar surface area (TPSA) is 66.8 Å². The summed E-state index contributed by atoms with van der Waals surface area (Å²) in [7, 11) is 1.90. The normalized spacial score (nSPS) is 50.3. The average molecular weight is 407 g/mol. The molecule has 4 nitrogen and oxygen atoms in total. The van der Waals surface area contributed by atoms with Crippen LogP contribution in [0.3, 0.4) is 0 Å². The smallest absolute Gasteiger partial charge is 0.303 e. The fraction of sp³-hybridized carbons (Fsp3) is 0.960. The summed E-state index contributed by atoms with van der Waals surface area (Å²) in [6.45, 7) is 7.34. The van der Waals surface area contributed by atoms with Crippen LogP contribution in [0.15, 0.2) is 0 Å². The summed E-state index contributed by atoms with van der Waals surface area (Å²) in [5.74, 6) is 3.10. The second kappa shape index (κ2) is 7.82. The first-order chi connectivity index (χ1) is 13.7. The Labute approximate surface area is 176 Å². The van der Waals surface area contributed by atoms with Gasteiger partial charge in [-0.1, -0.05) is 20.8 Å². The summed E-state index contributed by atoms with van der Waals surface area (Å²) in [5.41, 5.74) is 0.681. The Bertz CT molecular complexity index is 620. The summed E-state index contributed by atoms with van der Waals surface area (Å²) < 4.78 is 6.16. The van der Waals surface area contributed by atoms with Gasteiger partial charge < -0.3 is 14.9 Å². The van der Waals surface area contributed by atoms with Gasteiger partial charge in [0.1, 0.15) is 0 Å². The third-order valence-corrected chi connectivity index (χ3v) is 10.5. The third kappa shape index (κ3) is 3.46. The molecule has 29 heavy (non-hydrogen) atoms. The number of carboxylic acid groups (broad SMARTS) is 1. The van der Waals surface area contributed by atoms with Crippen LogP contribution in [0.2, 0.25) is 0 Å². The van der Waals surface area contributed by atoms with Gasteiger partial charge in [-0.15, -0.1) is 0 Å². The highest BCUT2D eigenvalue weighted by atomic mass is 16.5. The molecule has 4 fully saturated rings. The Balaban J connectivity index is 1.58. The number of rotatable bonds is 5. The first-order valence-electron chi connectivity index (χ1n) is 12.1. The Morgan fingerprint density at radius 3 is 2.45 bits per heavy atom. The molecule has 166 valence electrons. The molecule has 4 rings (SSSR count). The van der Waals surface area contributed by atoms with Crippen LogP contribution in [0.1, 0.15) is 85.0 Å². The molecule has 0 aliphatic heterocycles. The highest BCUT2D eigenvalue weighted by Crippen LogP contribution is 2.68. The molecule has 0 spiro atoms. The Hall–Kier alpha value is -0.610. The van der Waals surface area contributed by atoms with E-state index in [1.54, 1.807) is 0 Å². The van der Waals surface area contributed by atoms with Crippen LogP contribution in [0, 0.1) is 46.3 Å². The molecule has 0 aromatic heterocycles. The Morgan fingerprint density at radius 1 is 1.07 bits per heavy atom. The summed E-state index contributed by atoms with van der Waals surface area (Å²) >= 11 is 0. The molecule has 0 radical (unpaired) electrons. The van der Waals surface area contributed by atoms with Gasteiger partial charge in [0.25, 0.3) is 0 Å². The molecule has 0 bridgehead atoms. The van der Waals surface area contributed by atoms with Crippen molar-refractivity contribution in [1.29, 1.82) is 0 Å². The SMILES string of the molecule is CO[C@@H]1C[C@@H]2C[C@H](O)CC[C@]2(C)[C@H]2CC[C@]3(C)[C@@H](C(C)CCC(=O)O)CC[C@H]3[C@H]12.